The maximum absolute atomic E-state index is 12.6. The van der Waals surface area contributed by atoms with Crippen LogP contribution in [-0.4, -0.2) is 59.2 Å². The Morgan fingerprint density at radius 1 is 0.976 bits per heavy atom. The Labute approximate surface area is 252 Å². The lowest BCUT2D eigenvalue weighted by Gasteiger charge is -2.51. The Morgan fingerprint density at radius 2 is 1.71 bits per heavy atom. The fraction of sp³-hybridized carbons (Fsp3) is 0.556. The van der Waals surface area contributed by atoms with Crippen LogP contribution in [0.1, 0.15) is 62.4 Å². The van der Waals surface area contributed by atoms with E-state index >= 15 is 0 Å². The van der Waals surface area contributed by atoms with Crippen LogP contribution in [0.5, 0.6) is 0 Å². The van der Waals surface area contributed by atoms with Gasteiger partial charge in [0.25, 0.3) is 0 Å². The molecule has 2 saturated heterocycles. The van der Waals surface area contributed by atoms with Crippen LogP contribution in [0.3, 0.4) is 0 Å². The zero-order chi connectivity index (χ0) is 29.1. The molecule has 6 heteroatoms. The molecule has 0 radical (unpaired) electrons. The minimum absolute atomic E-state index is 0.0257. The van der Waals surface area contributed by atoms with Gasteiger partial charge < -0.3 is 19.1 Å². The number of nitrogens with zero attached hydrogens (tertiary/aromatic N) is 4. The second kappa shape index (κ2) is 12.6. The molecule has 6 rings (SSSR count). The van der Waals surface area contributed by atoms with E-state index in [0.29, 0.717) is 18.3 Å². The largest absolute Gasteiger partial charge is 0.462 e. The van der Waals surface area contributed by atoms with Crippen LogP contribution in [0.15, 0.2) is 67.0 Å². The molecule has 3 aromatic rings. The third-order valence-electron chi connectivity index (χ3n) is 10.5. The van der Waals surface area contributed by atoms with Crippen LogP contribution in [-0.2, 0) is 21.5 Å². The van der Waals surface area contributed by atoms with Gasteiger partial charge in [0, 0.05) is 67.9 Å². The molecule has 0 spiro atoms. The average Bonchev–Trinajstić information content (AvgIpc) is 3.63. The number of carbonyl (C=O) groups excluding carboxylic acids is 1. The summed E-state index contributed by atoms with van der Waals surface area (Å²) in [5, 5.41) is 0. The highest BCUT2D eigenvalue weighted by molar-refractivity contribution is 5.69. The maximum atomic E-state index is 12.6. The Kier molecular flexibility index (Phi) is 8.71. The van der Waals surface area contributed by atoms with E-state index in [1.807, 2.05) is 13.1 Å². The molecule has 0 amide bonds. The number of hydrogen-bond acceptors (Lipinski definition) is 5. The highest BCUT2D eigenvalue weighted by Gasteiger charge is 2.53. The molecule has 0 N–H and O–H groups in total. The van der Waals surface area contributed by atoms with Gasteiger partial charge in [-0.15, -0.1) is 0 Å². The summed E-state index contributed by atoms with van der Waals surface area (Å²) in [7, 11) is 0. The van der Waals surface area contributed by atoms with Gasteiger partial charge in [-0.25, -0.2) is 4.98 Å². The van der Waals surface area contributed by atoms with Crippen LogP contribution in [0.2, 0.25) is 0 Å². The standard InChI is InChI=1S/C36H48N4O2/c1-4-35(41)42-34-12-8-11-33(34)36(30-9-6-5-7-10-30,26-39-22-19-37-28(39)3)31-17-20-38(21-18-31)23-29-24-40(25-29)32-15-13-27(2)14-16-32/h5-7,9-10,13-16,19,22,29,31,33-34H,4,8,11-12,17-18,20-21,23-26H2,1-3H3/t33-,34-,36-/m0/s1. The lowest BCUT2D eigenvalue weighted by molar-refractivity contribution is -0.152. The number of anilines is 1. The van der Waals surface area contributed by atoms with Crippen molar-refractivity contribution in [2.24, 2.45) is 17.8 Å². The number of aryl methyl sites for hydroxylation is 2. The number of benzene rings is 2. The molecule has 2 aliphatic heterocycles. The molecule has 6 nitrogen and oxygen atoms in total. The monoisotopic (exact) mass is 568 g/mol. The van der Waals surface area contributed by atoms with Crippen molar-refractivity contribution in [2.75, 3.05) is 37.6 Å². The first-order chi connectivity index (χ1) is 20.5. The second-order valence-electron chi connectivity index (χ2n) is 13.1. The third-order valence-corrected chi connectivity index (χ3v) is 10.5. The smallest absolute Gasteiger partial charge is 0.305 e. The van der Waals surface area contributed by atoms with Crippen molar-refractivity contribution < 1.29 is 9.53 Å². The van der Waals surface area contributed by atoms with E-state index in [2.05, 4.69) is 94.0 Å². The number of esters is 1. The second-order valence-corrected chi connectivity index (χ2v) is 13.1. The molecule has 1 aromatic heterocycles. The average molecular weight is 569 g/mol. The van der Waals surface area contributed by atoms with Crippen LogP contribution in [0.4, 0.5) is 5.69 Å². The normalized spacial score (nSPS) is 23.5. The van der Waals surface area contributed by atoms with Crippen molar-refractivity contribution >= 4 is 11.7 Å². The quantitative estimate of drug-likeness (QED) is 0.265. The predicted molar refractivity (Wildman–Crippen MR) is 169 cm³/mol. The van der Waals surface area contributed by atoms with Gasteiger partial charge in [0.2, 0.25) is 0 Å². The number of piperidine rings is 1. The van der Waals surface area contributed by atoms with Gasteiger partial charge >= 0.3 is 5.97 Å². The molecule has 0 unspecified atom stereocenters. The minimum Gasteiger partial charge on any atom is -0.462 e. The van der Waals surface area contributed by atoms with Crippen molar-refractivity contribution in [2.45, 2.75) is 77.4 Å². The Hall–Kier alpha value is -3.12. The zero-order valence-corrected chi connectivity index (χ0v) is 25.8. The first-order valence-electron chi connectivity index (χ1n) is 16.2. The van der Waals surface area contributed by atoms with Gasteiger partial charge in [-0.3, -0.25) is 4.79 Å². The third kappa shape index (κ3) is 5.88. The van der Waals surface area contributed by atoms with E-state index in [1.165, 1.54) is 36.2 Å². The summed E-state index contributed by atoms with van der Waals surface area (Å²) in [6, 6.07) is 20.1. The van der Waals surface area contributed by atoms with Crippen LogP contribution in [0, 0.1) is 31.6 Å². The molecule has 3 aliphatic rings. The molecule has 3 heterocycles. The Bertz CT molecular complexity index is 1310. The van der Waals surface area contributed by atoms with Gasteiger partial charge in [0.15, 0.2) is 0 Å². The molecule has 2 aromatic carbocycles. The molecule has 0 bridgehead atoms. The molecular formula is C36H48N4O2. The van der Waals surface area contributed by atoms with E-state index in [9.17, 15) is 4.79 Å². The van der Waals surface area contributed by atoms with Gasteiger partial charge in [0.05, 0.1) is 0 Å². The summed E-state index contributed by atoms with van der Waals surface area (Å²) in [6.07, 6.45) is 9.99. The van der Waals surface area contributed by atoms with E-state index in [1.54, 1.807) is 0 Å². The van der Waals surface area contributed by atoms with Crippen molar-refractivity contribution in [1.29, 1.82) is 0 Å². The van der Waals surface area contributed by atoms with Crippen LogP contribution >= 0.6 is 0 Å². The fourth-order valence-electron chi connectivity index (χ4n) is 8.25. The first-order valence-corrected chi connectivity index (χ1v) is 16.2. The topological polar surface area (TPSA) is 50.6 Å². The molecular weight excluding hydrogens is 520 g/mol. The lowest BCUT2D eigenvalue weighted by atomic mass is 9.58. The highest BCUT2D eigenvalue weighted by Crippen LogP contribution is 2.52. The summed E-state index contributed by atoms with van der Waals surface area (Å²) in [6.45, 7) is 12.8. The highest BCUT2D eigenvalue weighted by atomic mass is 16.5. The summed E-state index contributed by atoms with van der Waals surface area (Å²) >= 11 is 0. The minimum atomic E-state index is -0.118. The van der Waals surface area contributed by atoms with Crippen molar-refractivity contribution in [3.05, 3.63) is 83.9 Å². The van der Waals surface area contributed by atoms with Crippen LogP contribution < -0.4 is 4.90 Å². The molecule has 3 fully saturated rings. The van der Waals surface area contributed by atoms with Crippen LogP contribution in [0.25, 0.3) is 0 Å². The fourth-order valence-corrected chi connectivity index (χ4v) is 8.25. The number of aromatic nitrogens is 2. The van der Waals surface area contributed by atoms with Crippen molar-refractivity contribution in [3.63, 3.8) is 0 Å². The van der Waals surface area contributed by atoms with Gasteiger partial charge in [0.1, 0.15) is 11.9 Å². The molecule has 224 valence electrons. The van der Waals surface area contributed by atoms with Crippen molar-refractivity contribution in [3.8, 4) is 0 Å². The number of hydrogen-bond donors (Lipinski definition) is 0. The predicted octanol–water partition coefficient (Wildman–Crippen LogP) is 6.41. The number of likely N-dealkylation sites (tertiary alicyclic amines) is 1. The Balaban J connectivity index is 1.22. The number of imidazole rings is 1. The van der Waals surface area contributed by atoms with Crippen molar-refractivity contribution in [1.82, 2.24) is 14.5 Å². The zero-order valence-electron chi connectivity index (χ0n) is 25.8. The van der Waals surface area contributed by atoms with E-state index in [4.69, 9.17) is 4.74 Å². The van der Waals surface area contributed by atoms with Gasteiger partial charge in [-0.05, 0) is 82.7 Å². The first kappa shape index (κ1) is 29.0. The molecule has 3 atom stereocenters. The molecule has 1 aliphatic carbocycles. The SMILES string of the molecule is CCC(=O)O[C@H]1CCC[C@@H]1[C@@](Cn1ccnc1C)(c1ccccc1)C1CCN(CC2CN(c3ccc(C)cc3)C2)CC1. The summed E-state index contributed by atoms with van der Waals surface area (Å²) < 4.78 is 8.56. The summed E-state index contributed by atoms with van der Waals surface area (Å²) in [4.78, 5) is 22.4. The Morgan fingerprint density at radius 3 is 2.38 bits per heavy atom. The number of rotatable bonds is 10. The van der Waals surface area contributed by atoms with E-state index in [-0.39, 0.29) is 17.5 Å². The van der Waals surface area contributed by atoms with Gasteiger partial charge in [-0.2, -0.15) is 0 Å². The van der Waals surface area contributed by atoms with E-state index < -0.39 is 0 Å². The summed E-state index contributed by atoms with van der Waals surface area (Å²) in [5.41, 5.74) is 3.95. The lowest BCUT2D eigenvalue weighted by Crippen LogP contribution is -2.55. The van der Waals surface area contributed by atoms with E-state index in [0.717, 1.165) is 63.7 Å². The molecule has 1 saturated carbocycles. The maximum Gasteiger partial charge on any atom is 0.305 e. The number of ether oxygens (including phenoxy) is 1. The molecule has 42 heavy (non-hydrogen) atoms. The van der Waals surface area contributed by atoms with Gasteiger partial charge in [-0.1, -0.05) is 55.0 Å². The summed E-state index contributed by atoms with van der Waals surface area (Å²) in [5.74, 6) is 2.53. The number of carbonyl (C=O) groups is 1.